The maximum Gasteiger partial charge on any atom is 0.200 e. The summed E-state index contributed by atoms with van der Waals surface area (Å²) in [6.07, 6.45) is 11.5. The van der Waals surface area contributed by atoms with Gasteiger partial charge in [-0.3, -0.25) is 0 Å². The summed E-state index contributed by atoms with van der Waals surface area (Å²) < 4.78 is 33.1. The summed E-state index contributed by atoms with van der Waals surface area (Å²) in [6.45, 7) is 4.64. The lowest BCUT2D eigenvalue weighted by Crippen LogP contribution is -2.10. The zero-order valence-electron chi connectivity index (χ0n) is 14.3. The van der Waals surface area contributed by atoms with Crippen LogP contribution in [0.5, 0.6) is 5.75 Å². The molecule has 3 heteroatoms. The second-order valence-electron chi connectivity index (χ2n) is 6.69. The number of rotatable bonds is 7. The maximum absolute atomic E-state index is 14.0. The highest BCUT2D eigenvalue weighted by molar-refractivity contribution is 5.31. The Balaban J connectivity index is 1.84. The molecule has 0 radical (unpaired) electrons. The van der Waals surface area contributed by atoms with E-state index in [0.717, 1.165) is 18.8 Å². The fourth-order valence-corrected chi connectivity index (χ4v) is 3.09. The quantitative estimate of drug-likeness (QED) is 0.554. The van der Waals surface area contributed by atoms with E-state index in [4.69, 9.17) is 4.74 Å². The summed E-state index contributed by atoms with van der Waals surface area (Å²) in [5, 5.41) is 0. The molecule has 0 atom stereocenters. The van der Waals surface area contributed by atoms with Crippen molar-refractivity contribution in [2.45, 2.75) is 58.8 Å². The van der Waals surface area contributed by atoms with Gasteiger partial charge < -0.3 is 4.74 Å². The fraction of sp³-hybridized carbons (Fsp3) is 0.600. The third-order valence-corrected chi connectivity index (χ3v) is 4.64. The molecule has 1 saturated carbocycles. The minimum Gasteiger partial charge on any atom is -0.490 e. The van der Waals surface area contributed by atoms with Gasteiger partial charge in [-0.05, 0) is 55.6 Å². The van der Waals surface area contributed by atoms with Gasteiger partial charge in [-0.2, -0.15) is 4.39 Å². The largest absolute Gasteiger partial charge is 0.490 e. The average molecular weight is 322 g/mol. The Morgan fingerprint density at radius 3 is 2.57 bits per heavy atom. The predicted molar refractivity (Wildman–Crippen MR) is 90.7 cm³/mol. The van der Waals surface area contributed by atoms with Crippen molar-refractivity contribution in [2.24, 2.45) is 11.8 Å². The molecule has 23 heavy (non-hydrogen) atoms. The van der Waals surface area contributed by atoms with Gasteiger partial charge in [0, 0.05) is 0 Å². The summed E-state index contributed by atoms with van der Waals surface area (Å²) in [4.78, 5) is 0. The molecule has 0 aromatic heterocycles. The first-order valence-electron chi connectivity index (χ1n) is 8.88. The molecule has 1 nitrogen and oxygen atoms in total. The van der Waals surface area contributed by atoms with Crippen molar-refractivity contribution in [1.82, 2.24) is 0 Å². The van der Waals surface area contributed by atoms with Crippen LogP contribution in [0.15, 0.2) is 24.3 Å². The van der Waals surface area contributed by atoms with Crippen molar-refractivity contribution >= 4 is 0 Å². The van der Waals surface area contributed by atoms with Crippen molar-refractivity contribution in [2.75, 3.05) is 6.61 Å². The molecule has 0 aliphatic heterocycles. The molecule has 1 fully saturated rings. The van der Waals surface area contributed by atoms with E-state index >= 15 is 0 Å². The number of ether oxygens (including phenoxy) is 1. The lowest BCUT2D eigenvalue weighted by Gasteiger charge is -2.23. The molecule has 0 N–H and O–H groups in total. The molecular weight excluding hydrogens is 294 g/mol. The van der Waals surface area contributed by atoms with E-state index in [1.165, 1.54) is 31.7 Å². The Hall–Kier alpha value is -1.38. The van der Waals surface area contributed by atoms with Gasteiger partial charge in [0.05, 0.1) is 6.61 Å². The molecule has 0 heterocycles. The Bertz CT molecular complexity index is 517. The molecule has 1 aliphatic carbocycles. The second-order valence-corrected chi connectivity index (χ2v) is 6.69. The minimum atomic E-state index is -0.860. The number of hydrogen-bond donors (Lipinski definition) is 0. The minimum absolute atomic E-state index is 0.0139. The van der Waals surface area contributed by atoms with E-state index in [1.54, 1.807) is 6.07 Å². The zero-order valence-corrected chi connectivity index (χ0v) is 14.3. The van der Waals surface area contributed by atoms with Crippen LogP contribution in [0.1, 0.15) is 57.9 Å². The van der Waals surface area contributed by atoms with Gasteiger partial charge >= 0.3 is 0 Å². The number of hydrogen-bond acceptors (Lipinski definition) is 1. The van der Waals surface area contributed by atoms with Crippen molar-refractivity contribution in [1.29, 1.82) is 0 Å². The van der Waals surface area contributed by atoms with Crippen LogP contribution in [0.2, 0.25) is 0 Å². The van der Waals surface area contributed by atoms with Crippen LogP contribution in [0.4, 0.5) is 8.78 Å². The van der Waals surface area contributed by atoms with Crippen molar-refractivity contribution < 1.29 is 13.5 Å². The van der Waals surface area contributed by atoms with Gasteiger partial charge in [0.15, 0.2) is 11.6 Å². The van der Waals surface area contributed by atoms with Crippen LogP contribution >= 0.6 is 0 Å². The highest BCUT2D eigenvalue weighted by Crippen LogP contribution is 2.29. The molecule has 0 saturated heterocycles. The van der Waals surface area contributed by atoms with Crippen LogP contribution < -0.4 is 4.74 Å². The molecule has 1 aromatic rings. The van der Waals surface area contributed by atoms with Crippen LogP contribution in [-0.2, 0) is 6.42 Å². The molecular formula is C20H28F2O. The summed E-state index contributed by atoms with van der Waals surface area (Å²) in [6, 6.07) is 3.18. The van der Waals surface area contributed by atoms with E-state index in [9.17, 15) is 8.78 Å². The van der Waals surface area contributed by atoms with Gasteiger partial charge in [0.2, 0.25) is 5.82 Å². The van der Waals surface area contributed by atoms with Crippen LogP contribution in [0.25, 0.3) is 0 Å². The number of halogens is 2. The molecule has 0 unspecified atom stereocenters. The predicted octanol–water partition coefficient (Wildman–Crippen LogP) is 6.07. The van der Waals surface area contributed by atoms with Gasteiger partial charge in [0.25, 0.3) is 0 Å². The number of benzene rings is 1. The SMILES string of the molecule is CCCOc1ccc(CC/C=C/C2CCC(C)CC2)c(F)c1F. The van der Waals surface area contributed by atoms with Gasteiger partial charge in [-0.15, -0.1) is 0 Å². The summed E-state index contributed by atoms with van der Waals surface area (Å²) in [5.41, 5.74) is 0.424. The van der Waals surface area contributed by atoms with E-state index < -0.39 is 11.6 Å². The summed E-state index contributed by atoms with van der Waals surface area (Å²) >= 11 is 0. The maximum atomic E-state index is 14.0. The van der Waals surface area contributed by atoms with Gasteiger partial charge in [0.1, 0.15) is 0 Å². The molecule has 1 aliphatic rings. The van der Waals surface area contributed by atoms with E-state index in [0.29, 0.717) is 24.5 Å². The highest BCUT2D eigenvalue weighted by Gasteiger charge is 2.16. The summed E-state index contributed by atoms with van der Waals surface area (Å²) in [5.74, 6) is -0.0950. The first-order chi connectivity index (χ1) is 11.1. The van der Waals surface area contributed by atoms with Crippen LogP contribution in [0, 0.1) is 23.5 Å². The lowest BCUT2D eigenvalue weighted by molar-refractivity contribution is 0.294. The topological polar surface area (TPSA) is 9.23 Å². The van der Waals surface area contributed by atoms with Crippen molar-refractivity contribution in [3.05, 3.63) is 41.5 Å². The van der Waals surface area contributed by atoms with Gasteiger partial charge in [-0.1, -0.05) is 44.9 Å². The first-order valence-corrected chi connectivity index (χ1v) is 8.88. The Morgan fingerprint density at radius 2 is 1.87 bits per heavy atom. The zero-order chi connectivity index (χ0) is 16.7. The monoisotopic (exact) mass is 322 g/mol. The number of aryl methyl sites for hydroxylation is 1. The van der Waals surface area contributed by atoms with Crippen LogP contribution in [0.3, 0.4) is 0 Å². The van der Waals surface area contributed by atoms with E-state index in [2.05, 4.69) is 19.1 Å². The van der Waals surface area contributed by atoms with Crippen molar-refractivity contribution in [3.8, 4) is 5.75 Å². The normalized spacial score (nSPS) is 21.7. The van der Waals surface area contributed by atoms with Crippen LogP contribution in [-0.4, -0.2) is 6.61 Å². The van der Waals surface area contributed by atoms with E-state index in [1.807, 2.05) is 6.92 Å². The third kappa shape index (κ3) is 5.33. The third-order valence-electron chi connectivity index (χ3n) is 4.64. The van der Waals surface area contributed by atoms with Crippen molar-refractivity contribution in [3.63, 3.8) is 0 Å². The molecule has 2 rings (SSSR count). The molecule has 0 bridgehead atoms. The smallest absolute Gasteiger partial charge is 0.200 e. The highest BCUT2D eigenvalue weighted by atomic mass is 19.2. The Labute approximate surface area is 138 Å². The first kappa shape index (κ1) is 18.0. The van der Waals surface area contributed by atoms with E-state index in [-0.39, 0.29) is 5.75 Å². The Morgan fingerprint density at radius 1 is 1.13 bits per heavy atom. The second kappa shape index (κ2) is 9.05. The number of allylic oxidation sites excluding steroid dienone is 2. The lowest BCUT2D eigenvalue weighted by atomic mass is 9.83. The summed E-state index contributed by atoms with van der Waals surface area (Å²) in [7, 11) is 0. The molecule has 128 valence electrons. The molecule has 0 spiro atoms. The molecule has 0 amide bonds. The molecule has 1 aromatic carbocycles. The van der Waals surface area contributed by atoms with Gasteiger partial charge in [-0.25, -0.2) is 4.39 Å². The Kier molecular flexibility index (Phi) is 7.07. The average Bonchev–Trinajstić information content (AvgIpc) is 2.56. The fourth-order valence-electron chi connectivity index (χ4n) is 3.09. The standard InChI is InChI=1S/C20H28F2O/c1-3-14-23-18-13-12-17(19(21)20(18)22)7-5-4-6-16-10-8-15(2)9-11-16/h4,6,12-13,15-16H,3,5,7-11,14H2,1-2H3/b6-4+.